The van der Waals surface area contributed by atoms with Crippen LogP contribution >= 0.6 is 0 Å². The van der Waals surface area contributed by atoms with Gasteiger partial charge in [0.05, 0.1) is 9.52 Å². The van der Waals surface area contributed by atoms with Crippen molar-refractivity contribution in [3.05, 3.63) is 0 Å². The highest BCUT2D eigenvalue weighted by Gasteiger charge is 2.39. The Morgan fingerprint density at radius 2 is 1.35 bits per heavy atom. The number of rotatable bonds is 22. The standard InChI is InChI=1S/C22H50N2O4Si3/c1-9-24(10-2)19-15-13-11-12-14-17-22(3,31(27-7)28-8)29-21-23(4)18-16-20-30(25-5)26-6/h9-21H2,1-8H3. The predicted octanol–water partition coefficient (Wildman–Crippen LogP) is 3.93. The molecule has 0 aliphatic carbocycles. The summed E-state index contributed by atoms with van der Waals surface area (Å²) in [4.78, 5) is 4.96. The largest absolute Gasteiger partial charge is 0.397 e. The van der Waals surface area contributed by atoms with Crippen LogP contribution in [0.4, 0.5) is 0 Å². The van der Waals surface area contributed by atoms with E-state index in [-0.39, 0.29) is 4.66 Å². The summed E-state index contributed by atoms with van der Waals surface area (Å²) in [5.74, 6) is 0. The van der Waals surface area contributed by atoms with E-state index in [9.17, 15) is 0 Å². The van der Waals surface area contributed by atoms with Gasteiger partial charge in [-0.25, -0.2) is 0 Å². The minimum absolute atomic E-state index is 0.164. The van der Waals surface area contributed by atoms with Crippen LogP contribution in [0.2, 0.25) is 10.7 Å². The molecule has 0 saturated heterocycles. The van der Waals surface area contributed by atoms with Crippen LogP contribution in [0.5, 0.6) is 0 Å². The molecule has 6 nitrogen and oxygen atoms in total. The van der Waals surface area contributed by atoms with E-state index in [0.29, 0.717) is 0 Å². The van der Waals surface area contributed by atoms with Gasteiger partial charge in [0.1, 0.15) is 0 Å². The lowest BCUT2D eigenvalue weighted by atomic mass is 10.1. The van der Waals surface area contributed by atoms with Crippen LogP contribution in [0.15, 0.2) is 0 Å². The van der Waals surface area contributed by atoms with Crippen molar-refractivity contribution in [3.8, 4) is 0 Å². The highest BCUT2D eigenvalue weighted by atomic mass is 28.3. The first kappa shape index (κ1) is 31.4. The van der Waals surface area contributed by atoms with E-state index in [4.69, 9.17) is 17.7 Å². The molecular formula is C22H50N2O4Si3. The number of unbranched alkanes of at least 4 members (excludes halogenated alkanes) is 4. The second-order valence-electron chi connectivity index (χ2n) is 8.37. The van der Waals surface area contributed by atoms with E-state index in [2.05, 4.69) is 37.6 Å². The third kappa shape index (κ3) is 14.3. The minimum Gasteiger partial charge on any atom is -0.397 e. The molecule has 0 spiro atoms. The fraction of sp³-hybridized carbons (Fsp3) is 1.00. The number of hydrogen-bond acceptors (Lipinski definition) is 6. The normalized spacial score (nSPS) is 14.3. The molecule has 9 heteroatoms. The maximum atomic E-state index is 5.82. The Hall–Kier alpha value is 0.411. The van der Waals surface area contributed by atoms with Crippen molar-refractivity contribution in [1.29, 1.82) is 0 Å². The van der Waals surface area contributed by atoms with E-state index >= 15 is 0 Å². The van der Waals surface area contributed by atoms with Gasteiger partial charge in [-0.1, -0.05) is 46.5 Å². The highest BCUT2D eigenvalue weighted by molar-refractivity contribution is 6.66. The molecule has 0 heterocycles. The molecule has 1 atom stereocenters. The van der Waals surface area contributed by atoms with Crippen LogP contribution in [-0.2, 0) is 17.7 Å². The summed E-state index contributed by atoms with van der Waals surface area (Å²) in [7, 11) is 7.84. The van der Waals surface area contributed by atoms with Crippen LogP contribution in [0, 0.1) is 0 Å². The summed E-state index contributed by atoms with van der Waals surface area (Å²) in [5, 5.41) is 0. The Morgan fingerprint density at radius 1 is 0.774 bits per heavy atom. The van der Waals surface area contributed by atoms with Gasteiger partial charge in [-0.05, 0) is 64.7 Å². The molecule has 0 aromatic heterocycles. The zero-order chi connectivity index (χ0) is 23.5. The quantitative estimate of drug-likeness (QED) is 0.169. The van der Waals surface area contributed by atoms with Crippen LogP contribution < -0.4 is 0 Å². The maximum absolute atomic E-state index is 5.82. The Balaban J connectivity index is 4.34. The van der Waals surface area contributed by atoms with Gasteiger partial charge < -0.3 is 27.5 Å². The average molecular weight is 491 g/mol. The Bertz CT molecular complexity index is 401. The summed E-state index contributed by atoms with van der Waals surface area (Å²) in [6.45, 7) is 11.6. The van der Waals surface area contributed by atoms with Gasteiger partial charge in [0.2, 0.25) is 0 Å². The van der Waals surface area contributed by atoms with Crippen LogP contribution in [-0.4, -0.2) is 106 Å². The molecule has 0 fully saturated rings. The number of nitrogens with zero attached hydrogens (tertiary/aromatic N) is 2. The van der Waals surface area contributed by atoms with Crippen molar-refractivity contribution in [2.45, 2.75) is 76.4 Å². The van der Waals surface area contributed by atoms with Gasteiger partial charge >= 0.3 is 18.6 Å². The lowest BCUT2D eigenvalue weighted by molar-refractivity contribution is 0.254. The Morgan fingerprint density at radius 3 is 1.90 bits per heavy atom. The zero-order valence-electron chi connectivity index (χ0n) is 21.7. The van der Waals surface area contributed by atoms with Gasteiger partial charge in [0.25, 0.3) is 0 Å². The van der Waals surface area contributed by atoms with E-state index in [1.54, 1.807) is 14.2 Å². The van der Waals surface area contributed by atoms with Gasteiger partial charge in [-0.2, -0.15) is 0 Å². The molecule has 1 unspecified atom stereocenters. The monoisotopic (exact) mass is 490 g/mol. The third-order valence-electron chi connectivity index (χ3n) is 5.98. The maximum Gasteiger partial charge on any atom is 0.387 e. The molecule has 0 bridgehead atoms. The molecule has 0 aliphatic rings. The summed E-state index contributed by atoms with van der Waals surface area (Å²) in [5.41, 5.74) is 0. The van der Waals surface area contributed by atoms with Crippen molar-refractivity contribution in [1.82, 2.24) is 9.80 Å². The fourth-order valence-corrected chi connectivity index (χ4v) is 8.88. The highest BCUT2D eigenvalue weighted by Crippen LogP contribution is 2.35. The lowest BCUT2D eigenvalue weighted by Gasteiger charge is -2.34. The second kappa shape index (κ2) is 19.8. The first-order valence-corrected chi connectivity index (χ1v) is 16.0. The molecule has 0 rings (SSSR count). The molecule has 0 aromatic carbocycles. The SMILES string of the molecule is CCN(CC)CCCCCCCC(C)([Si]CN(C)CCC[Si](OC)OC)[Si](OC)OC. The van der Waals surface area contributed by atoms with Crippen LogP contribution in [0.1, 0.15) is 65.7 Å². The first-order valence-electron chi connectivity index (χ1n) is 12.0. The van der Waals surface area contributed by atoms with Gasteiger partial charge in [-0.15, -0.1) is 0 Å². The van der Waals surface area contributed by atoms with Gasteiger partial charge in [0.15, 0.2) is 0 Å². The first-order chi connectivity index (χ1) is 14.9. The minimum atomic E-state index is -1.27. The predicted molar refractivity (Wildman–Crippen MR) is 136 cm³/mol. The molecule has 31 heavy (non-hydrogen) atoms. The summed E-state index contributed by atoms with van der Waals surface area (Å²) < 4.78 is 22.6. The van der Waals surface area contributed by atoms with Crippen molar-refractivity contribution in [2.75, 3.05) is 67.8 Å². The molecule has 184 valence electrons. The lowest BCUT2D eigenvalue weighted by Crippen LogP contribution is -2.43. The van der Waals surface area contributed by atoms with Crippen LogP contribution in [0.25, 0.3) is 0 Å². The molecule has 4 radical (unpaired) electrons. The van der Waals surface area contributed by atoms with Gasteiger partial charge in [-0.3, -0.25) is 0 Å². The molecular weight excluding hydrogens is 441 g/mol. The smallest absolute Gasteiger partial charge is 0.387 e. The molecule has 0 aromatic rings. The molecule has 0 amide bonds. The molecule has 0 N–H and O–H groups in total. The Kier molecular flexibility index (Phi) is 20.1. The summed E-state index contributed by atoms with van der Waals surface area (Å²) in [6.07, 6.45) is 10.0. The van der Waals surface area contributed by atoms with Crippen molar-refractivity contribution in [2.24, 2.45) is 0 Å². The van der Waals surface area contributed by atoms with E-state index in [0.717, 1.165) is 34.7 Å². The average Bonchev–Trinajstić information content (AvgIpc) is 2.78. The van der Waals surface area contributed by atoms with Crippen molar-refractivity contribution < 1.29 is 17.7 Å². The van der Waals surface area contributed by atoms with E-state index in [1.807, 2.05) is 14.2 Å². The summed E-state index contributed by atoms with van der Waals surface area (Å²) >= 11 is 0. The Labute approximate surface area is 199 Å². The third-order valence-corrected chi connectivity index (χ3v) is 12.4. The topological polar surface area (TPSA) is 43.4 Å². The summed E-state index contributed by atoms with van der Waals surface area (Å²) in [6, 6.07) is 1.03. The van der Waals surface area contributed by atoms with Crippen molar-refractivity contribution >= 4 is 28.1 Å². The fourth-order valence-electron chi connectivity index (χ4n) is 3.85. The van der Waals surface area contributed by atoms with E-state index < -0.39 is 18.6 Å². The number of hydrogen-bond donors (Lipinski definition) is 0. The van der Waals surface area contributed by atoms with E-state index in [1.165, 1.54) is 58.2 Å². The van der Waals surface area contributed by atoms with Gasteiger partial charge in [0, 0.05) is 33.1 Å². The second-order valence-corrected chi connectivity index (χ2v) is 15.2. The molecule has 0 aliphatic heterocycles. The molecule has 0 saturated carbocycles. The van der Waals surface area contributed by atoms with Crippen LogP contribution in [0.3, 0.4) is 0 Å². The zero-order valence-corrected chi connectivity index (χ0v) is 24.7. The van der Waals surface area contributed by atoms with Crippen molar-refractivity contribution in [3.63, 3.8) is 0 Å².